The molecule has 0 saturated carbocycles. The second-order valence-corrected chi connectivity index (χ2v) is 6.47. The van der Waals surface area contributed by atoms with Gasteiger partial charge in [0.2, 0.25) is 5.91 Å². The average Bonchev–Trinajstić information content (AvgIpc) is 2.91. The van der Waals surface area contributed by atoms with Crippen molar-refractivity contribution >= 4 is 11.9 Å². The molecule has 0 aliphatic carbocycles. The van der Waals surface area contributed by atoms with Gasteiger partial charge in [0.05, 0.1) is 6.54 Å². The smallest absolute Gasteiger partial charge is 0.224 e. The van der Waals surface area contributed by atoms with Crippen LogP contribution >= 0.6 is 0 Å². The molecule has 1 aliphatic heterocycles. The van der Waals surface area contributed by atoms with Crippen LogP contribution < -0.4 is 11.1 Å². The second-order valence-electron chi connectivity index (χ2n) is 6.47. The molecule has 0 aromatic carbocycles. The zero-order chi connectivity index (χ0) is 15.7. The van der Waals surface area contributed by atoms with Crippen molar-refractivity contribution in [2.45, 2.75) is 65.3 Å². The number of rotatable bonds is 8. The monoisotopic (exact) mass is 296 g/mol. The van der Waals surface area contributed by atoms with Gasteiger partial charge >= 0.3 is 0 Å². The van der Waals surface area contributed by atoms with Crippen molar-refractivity contribution < 1.29 is 4.79 Å². The van der Waals surface area contributed by atoms with Gasteiger partial charge in [0, 0.05) is 25.6 Å². The van der Waals surface area contributed by atoms with Gasteiger partial charge in [-0.25, -0.2) is 0 Å². The summed E-state index contributed by atoms with van der Waals surface area (Å²) >= 11 is 0. The first-order valence-electron chi connectivity index (χ1n) is 8.33. The van der Waals surface area contributed by atoms with Crippen molar-refractivity contribution in [3.63, 3.8) is 0 Å². The van der Waals surface area contributed by atoms with Crippen LogP contribution in [0.3, 0.4) is 0 Å². The van der Waals surface area contributed by atoms with Crippen LogP contribution in [-0.4, -0.2) is 42.4 Å². The Kier molecular flexibility index (Phi) is 8.16. The Bertz CT molecular complexity index is 335. The summed E-state index contributed by atoms with van der Waals surface area (Å²) < 4.78 is 0. The first-order valence-corrected chi connectivity index (χ1v) is 8.33. The van der Waals surface area contributed by atoms with E-state index in [1.165, 1.54) is 12.8 Å². The largest absolute Gasteiger partial charge is 0.370 e. The molecule has 1 aliphatic rings. The molecule has 1 saturated heterocycles. The molecule has 1 unspecified atom stereocenters. The fraction of sp³-hybridized carbons (Fsp3) is 0.875. The standard InChI is InChI=1S/C16H32N4O/c1-13(2)7-6-8-14(3)19-16(17)18-10-9-15(21)20-11-4-5-12-20/h13-14H,4-12H2,1-3H3,(H3,17,18,19). The lowest BCUT2D eigenvalue weighted by atomic mass is 10.0. The van der Waals surface area contributed by atoms with Crippen molar-refractivity contribution in [2.75, 3.05) is 19.6 Å². The molecule has 0 aromatic heterocycles. The van der Waals surface area contributed by atoms with E-state index in [0.29, 0.717) is 25.0 Å². The van der Waals surface area contributed by atoms with Gasteiger partial charge in [0.15, 0.2) is 5.96 Å². The quantitative estimate of drug-likeness (QED) is 0.532. The van der Waals surface area contributed by atoms with Crippen LogP contribution in [-0.2, 0) is 4.79 Å². The van der Waals surface area contributed by atoms with Crippen LogP contribution in [0.15, 0.2) is 4.99 Å². The van der Waals surface area contributed by atoms with E-state index in [9.17, 15) is 4.79 Å². The summed E-state index contributed by atoms with van der Waals surface area (Å²) in [6.07, 6.45) is 6.27. The molecule has 3 N–H and O–H groups in total. The molecule has 0 bridgehead atoms. The summed E-state index contributed by atoms with van der Waals surface area (Å²) in [5.41, 5.74) is 5.86. The lowest BCUT2D eigenvalue weighted by molar-refractivity contribution is -0.129. The Hall–Kier alpha value is -1.26. The predicted octanol–water partition coefficient (Wildman–Crippen LogP) is 2.12. The highest BCUT2D eigenvalue weighted by atomic mass is 16.2. The fourth-order valence-corrected chi connectivity index (χ4v) is 2.60. The van der Waals surface area contributed by atoms with Crippen LogP contribution in [0.25, 0.3) is 0 Å². The number of nitrogens with one attached hydrogen (secondary N) is 1. The van der Waals surface area contributed by atoms with Crippen LogP contribution in [0.4, 0.5) is 0 Å². The average molecular weight is 296 g/mol. The SMILES string of the molecule is CC(C)CCCC(C)NC(N)=NCCC(=O)N1CCCC1. The number of nitrogens with two attached hydrogens (primary N) is 1. The number of guanidine groups is 1. The van der Waals surface area contributed by atoms with Gasteiger partial charge in [-0.1, -0.05) is 26.7 Å². The molecule has 0 spiro atoms. The highest BCUT2D eigenvalue weighted by Crippen LogP contribution is 2.09. The summed E-state index contributed by atoms with van der Waals surface area (Å²) in [5, 5.41) is 3.20. The van der Waals surface area contributed by atoms with Gasteiger partial charge < -0.3 is 16.0 Å². The molecular weight excluding hydrogens is 264 g/mol. The molecule has 1 heterocycles. The number of nitrogens with zero attached hydrogens (tertiary/aromatic N) is 2. The van der Waals surface area contributed by atoms with Crippen LogP contribution in [0.1, 0.15) is 59.3 Å². The molecule has 1 atom stereocenters. The third-order valence-corrected chi connectivity index (χ3v) is 3.88. The van der Waals surface area contributed by atoms with Crippen LogP contribution in [0, 0.1) is 5.92 Å². The minimum Gasteiger partial charge on any atom is -0.370 e. The van der Waals surface area contributed by atoms with Gasteiger partial charge in [0.25, 0.3) is 0 Å². The van der Waals surface area contributed by atoms with Gasteiger partial charge in [0.1, 0.15) is 0 Å². The van der Waals surface area contributed by atoms with Gasteiger partial charge in [-0.15, -0.1) is 0 Å². The van der Waals surface area contributed by atoms with Gasteiger partial charge in [-0.2, -0.15) is 0 Å². The molecular formula is C16H32N4O. The summed E-state index contributed by atoms with van der Waals surface area (Å²) in [4.78, 5) is 18.0. The van der Waals surface area contributed by atoms with Gasteiger partial charge in [-0.3, -0.25) is 9.79 Å². The molecule has 5 heteroatoms. The highest BCUT2D eigenvalue weighted by molar-refractivity contribution is 5.79. The van der Waals surface area contributed by atoms with E-state index in [2.05, 4.69) is 31.1 Å². The summed E-state index contributed by atoms with van der Waals surface area (Å²) in [6, 6.07) is 0.335. The molecule has 1 rings (SSSR count). The number of carbonyl (C=O) groups excluding carboxylic acids is 1. The Morgan fingerprint density at radius 3 is 2.52 bits per heavy atom. The van der Waals surface area contributed by atoms with Gasteiger partial charge in [-0.05, 0) is 32.1 Å². The summed E-state index contributed by atoms with van der Waals surface area (Å²) in [7, 11) is 0. The van der Waals surface area contributed by atoms with Crippen LogP contribution in [0.2, 0.25) is 0 Å². The number of hydrogen-bond acceptors (Lipinski definition) is 2. The lowest BCUT2D eigenvalue weighted by Crippen LogP contribution is -2.38. The Morgan fingerprint density at radius 2 is 1.90 bits per heavy atom. The zero-order valence-electron chi connectivity index (χ0n) is 13.9. The Morgan fingerprint density at radius 1 is 1.24 bits per heavy atom. The molecule has 1 amide bonds. The zero-order valence-corrected chi connectivity index (χ0v) is 13.9. The minimum atomic E-state index is 0.203. The molecule has 122 valence electrons. The van der Waals surface area contributed by atoms with Crippen molar-refractivity contribution in [1.82, 2.24) is 10.2 Å². The lowest BCUT2D eigenvalue weighted by Gasteiger charge is -2.16. The number of aliphatic imine (C=N–C) groups is 1. The summed E-state index contributed by atoms with van der Waals surface area (Å²) in [5.74, 6) is 1.41. The molecule has 21 heavy (non-hydrogen) atoms. The number of amides is 1. The van der Waals surface area contributed by atoms with Crippen molar-refractivity contribution in [3.8, 4) is 0 Å². The van der Waals surface area contributed by atoms with E-state index >= 15 is 0 Å². The van der Waals surface area contributed by atoms with Crippen molar-refractivity contribution in [2.24, 2.45) is 16.6 Å². The number of likely N-dealkylation sites (tertiary alicyclic amines) is 1. The van der Waals surface area contributed by atoms with Crippen LogP contribution in [0.5, 0.6) is 0 Å². The first kappa shape index (κ1) is 17.8. The minimum absolute atomic E-state index is 0.203. The number of carbonyl (C=O) groups is 1. The Balaban J connectivity index is 2.15. The van der Waals surface area contributed by atoms with E-state index in [4.69, 9.17) is 5.73 Å². The maximum absolute atomic E-state index is 11.8. The van der Waals surface area contributed by atoms with E-state index in [0.717, 1.165) is 38.3 Å². The second kappa shape index (κ2) is 9.64. The van der Waals surface area contributed by atoms with Crippen molar-refractivity contribution in [1.29, 1.82) is 0 Å². The molecule has 0 aromatic rings. The third kappa shape index (κ3) is 7.93. The van der Waals surface area contributed by atoms with E-state index in [-0.39, 0.29) is 5.91 Å². The third-order valence-electron chi connectivity index (χ3n) is 3.88. The molecule has 5 nitrogen and oxygen atoms in total. The fourth-order valence-electron chi connectivity index (χ4n) is 2.60. The normalized spacial score (nSPS) is 17.3. The maximum atomic E-state index is 11.8. The topological polar surface area (TPSA) is 70.7 Å². The predicted molar refractivity (Wildman–Crippen MR) is 88.2 cm³/mol. The maximum Gasteiger partial charge on any atom is 0.224 e. The van der Waals surface area contributed by atoms with Crippen molar-refractivity contribution in [3.05, 3.63) is 0 Å². The number of hydrogen-bond donors (Lipinski definition) is 2. The summed E-state index contributed by atoms with van der Waals surface area (Å²) in [6.45, 7) is 8.90. The Labute approximate surface area is 129 Å². The van der Waals surface area contributed by atoms with E-state index < -0.39 is 0 Å². The van der Waals surface area contributed by atoms with E-state index in [1.807, 2.05) is 4.90 Å². The molecule has 0 radical (unpaired) electrons. The first-order chi connectivity index (χ1) is 9.99. The highest BCUT2D eigenvalue weighted by Gasteiger charge is 2.16. The van der Waals surface area contributed by atoms with E-state index in [1.54, 1.807) is 0 Å². The molecule has 1 fully saturated rings.